The van der Waals surface area contributed by atoms with Crippen molar-refractivity contribution < 1.29 is 4.74 Å². The summed E-state index contributed by atoms with van der Waals surface area (Å²) in [6, 6.07) is 18.4. The number of hydrogen-bond acceptors (Lipinski definition) is 5. The number of nitrogens with zero attached hydrogens (tertiary/aromatic N) is 4. The van der Waals surface area contributed by atoms with Crippen molar-refractivity contribution in [3.8, 4) is 11.4 Å². The van der Waals surface area contributed by atoms with Gasteiger partial charge >= 0.3 is 0 Å². The van der Waals surface area contributed by atoms with Crippen LogP contribution in [0.25, 0.3) is 22.2 Å². The van der Waals surface area contributed by atoms with Gasteiger partial charge in [0.15, 0.2) is 5.16 Å². The Kier molecular flexibility index (Phi) is 5.13. The molecule has 0 fully saturated rings. The fourth-order valence-corrected chi connectivity index (χ4v) is 4.46. The highest BCUT2D eigenvalue weighted by atomic mass is 35.5. The number of ether oxygens (including phenoxy) is 1. The number of fused-ring (bicyclic) bond motifs is 2. The molecule has 0 aliphatic heterocycles. The van der Waals surface area contributed by atoms with Crippen LogP contribution in [0.1, 0.15) is 5.69 Å². The summed E-state index contributed by atoms with van der Waals surface area (Å²) >= 11 is 7.54. The first-order chi connectivity index (χ1) is 15.1. The Morgan fingerprint density at radius 2 is 1.81 bits per heavy atom. The van der Waals surface area contributed by atoms with E-state index in [0.717, 1.165) is 22.8 Å². The van der Waals surface area contributed by atoms with Gasteiger partial charge < -0.3 is 9.14 Å². The first-order valence-electron chi connectivity index (χ1n) is 9.54. The van der Waals surface area contributed by atoms with Crippen LogP contribution < -0.4 is 10.3 Å². The molecule has 5 aromatic rings. The number of thioether (sulfide) groups is 1. The van der Waals surface area contributed by atoms with Crippen LogP contribution in [0.2, 0.25) is 5.02 Å². The van der Waals surface area contributed by atoms with Crippen molar-refractivity contribution in [1.29, 1.82) is 0 Å². The Labute approximate surface area is 187 Å². The van der Waals surface area contributed by atoms with E-state index in [1.165, 1.54) is 11.8 Å². The third kappa shape index (κ3) is 3.78. The SMILES string of the molecule is COc1ccc(-n2c(SCc3cn4cc(Cl)ccc4n3)nc3ccccc3c2=O)cc1. The topological polar surface area (TPSA) is 61.4 Å². The maximum Gasteiger partial charge on any atom is 0.266 e. The Bertz CT molecular complexity index is 1460. The molecule has 154 valence electrons. The summed E-state index contributed by atoms with van der Waals surface area (Å²) in [5.74, 6) is 1.28. The average Bonchev–Trinajstić information content (AvgIpc) is 3.20. The number of halogens is 1. The van der Waals surface area contributed by atoms with Crippen molar-refractivity contribution in [3.63, 3.8) is 0 Å². The van der Waals surface area contributed by atoms with Crippen LogP contribution in [-0.2, 0) is 5.75 Å². The van der Waals surface area contributed by atoms with Crippen LogP contribution in [0.4, 0.5) is 0 Å². The summed E-state index contributed by atoms with van der Waals surface area (Å²) in [7, 11) is 1.61. The number of para-hydroxylation sites is 1. The van der Waals surface area contributed by atoms with E-state index < -0.39 is 0 Å². The van der Waals surface area contributed by atoms with Crippen molar-refractivity contribution in [2.45, 2.75) is 10.9 Å². The smallest absolute Gasteiger partial charge is 0.266 e. The summed E-state index contributed by atoms with van der Waals surface area (Å²) in [5.41, 5.74) is 2.98. The summed E-state index contributed by atoms with van der Waals surface area (Å²) in [5, 5.41) is 1.82. The van der Waals surface area contributed by atoms with Crippen LogP contribution in [-0.4, -0.2) is 26.0 Å². The summed E-state index contributed by atoms with van der Waals surface area (Å²) in [6.07, 6.45) is 3.75. The molecule has 0 spiro atoms. The molecule has 0 saturated carbocycles. The van der Waals surface area contributed by atoms with E-state index in [1.54, 1.807) is 17.7 Å². The van der Waals surface area contributed by atoms with Crippen LogP contribution in [0.5, 0.6) is 5.75 Å². The van der Waals surface area contributed by atoms with E-state index in [9.17, 15) is 4.79 Å². The van der Waals surface area contributed by atoms with E-state index in [0.29, 0.717) is 26.8 Å². The van der Waals surface area contributed by atoms with Crippen LogP contribution in [0, 0.1) is 0 Å². The average molecular weight is 449 g/mol. The highest BCUT2D eigenvalue weighted by Gasteiger charge is 2.14. The normalized spacial score (nSPS) is 11.3. The molecule has 0 bridgehead atoms. The molecule has 2 aromatic carbocycles. The predicted molar refractivity (Wildman–Crippen MR) is 124 cm³/mol. The van der Waals surface area contributed by atoms with Crippen LogP contribution in [0.15, 0.2) is 83.0 Å². The summed E-state index contributed by atoms with van der Waals surface area (Å²) in [4.78, 5) is 22.7. The van der Waals surface area contributed by atoms with Crippen molar-refractivity contribution in [3.05, 3.63) is 94.1 Å². The van der Waals surface area contributed by atoms with Crippen molar-refractivity contribution in [2.75, 3.05) is 7.11 Å². The zero-order chi connectivity index (χ0) is 21.4. The fourth-order valence-electron chi connectivity index (χ4n) is 3.39. The van der Waals surface area contributed by atoms with Crippen molar-refractivity contribution >= 4 is 39.9 Å². The van der Waals surface area contributed by atoms with Gasteiger partial charge in [0.05, 0.1) is 34.4 Å². The Morgan fingerprint density at radius 3 is 2.61 bits per heavy atom. The van der Waals surface area contributed by atoms with Crippen LogP contribution >= 0.6 is 23.4 Å². The second-order valence-corrected chi connectivity index (χ2v) is 8.26. The molecule has 0 amide bonds. The number of methoxy groups -OCH3 is 1. The molecule has 0 unspecified atom stereocenters. The number of imidazole rings is 1. The van der Waals surface area contributed by atoms with Crippen molar-refractivity contribution in [2.24, 2.45) is 0 Å². The molecule has 0 aliphatic carbocycles. The Hall–Kier alpha value is -3.29. The van der Waals surface area contributed by atoms with Gasteiger partial charge in [-0.2, -0.15) is 0 Å². The van der Waals surface area contributed by atoms with Gasteiger partial charge in [-0.1, -0.05) is 35.5 Å². The van der Waals surface area contributed by atoms with E-state index in [4.69, 9.17) is 21.3 Å². The third-order valence-electron chi connectivity index (χ3n) is 4.89. The minimum absolute atomic E-state index is 0.111. The monoisotopic (exact) mass is 448 g/mol. The molecule has 8 heteroatoms. The fraction of sp³-hybridized carbons (Fsp3) is 0.0870. The molecule has 6 nitrogen and oxygen atoms in total. The number of aromatic nitrogens is 4. The van der Waals surface area contributed by atoms with E-state index in [2.05, 4.69) is 4.98 Å². The van der Waals surface area contributed by atoms with Gasteiger partial charge in [0, 0.05) is 18.1 Å². The number of rotatable bonds is 5. The molecule has 3 aromatic heterocycles. The van der Waals surface area contributed by atoms with Gasteiger partial charge in [0.25, 0.3) is 5.56 Å². The number of benzene rings is 2. The molecule has 0 saturated heterocycles. The molecule has 0 radical (unpaired) electrons. The molecule has 0 aliphatic rings. The minimum Gasteiger partial charge on any atom is -0.497 e. The predicted octanol–water partition coefficient (Wildman–Crippen LogP) is 4.99. The maximum atomic E-state index is 13.3. The zero-order valence-electron chi connectivity index (χ0n) is 16.5. The van der Waals surface area contributed by atoms with E-state index >= 15 is 0 Å². The highest BCUT2D eigenvalue weighted by Crippen LogP contribution is 2.25. The van der Waals surface area contributed by atoms with Gasteiger partial charge in [-0.15, -0.1) is 0 Å². The molecule has 5 rings (SSSR count). The largest absolute Gasteiger partial charge is 0.497 e. The minimum atomic E-state index is -0.111. The van der Waals surface area contributed by atoms with E-state index in [1.807, 2.05) is 71.4 Å². The summed E-state index contributed by atoms with van der Waals surface area (Å²) < 4.78 is 8.78. The molecule has 0 N–H and O–H groups in total. The standard InChI is InChI=1S/C23H17ClN4O2S/c1-30-18-9-7-17(8-10-18)28-22(29)19-4-2-3-5-20(19)26-23(28)31-14-16-13-27-12-15(24)6-11-21(27)25-16/h2-13H,14H2,1H3. The second-order valence-electron chi connectivity index (χ2n) is 6.88. The van der Waals surface area contributed by atoms with Gasteiger partial charge in [0.1, 0.15) is 11.4 Å². The number of hydrogen-bond donors (Lipinski definition) is 0. The van der Waals surface area contributed by atoms with Gasteiger partial charge in [-0.25, -0.2) is 9.97 Å². The first-order valence-corrected chi connectivity index (χ1v) is 10.9. The lowest BCUT2D eigenvalue weighted by atomic mass is 10.2. The van der Waals surface area contributed by atoms with Gasteiger partial charge in [0.2, 0.25) is 0 Å². The maximum absolute atomic E-state index is 13.3. The Balaban J connectivity index is 1.57. The van der Waals surface area contributed by atoms with Crippen molar-refractivity contribution in [1.82, 2.24) is 18.9 Å². The molecular weight excluding hydrogens is 432 g/mol. The van der Waals surface area contributed by atoms with Crippen LogP contribution in [0.3, 0.4) is 0 Å². The second kappa shape index (κ2) is 8.09. The molecule has 0 atom stereocenters. The molecular formula is C23H17ClN4O2S. The van der Waals surface area contributed by atoms with E-state index in [-0.39, 0.29) is 5.56 Å². The van der Waals surface area contributed by atoms with Gasteiger partial charge in [-0.05, 0) is 48.5 Å². The summed E-state index contributed by atoms with van der Waals surface area (Å²) in [6.45, 7) is 0. The van der Waals surface area contributed by atoms with Gasteiger partial charge in [-0.3, -0.25) is 9.36 Å². The number of pyridine rings is 1. The lowest BCUT2D eigenvalue weighted by Gasteiger charge is -2.13. The Morgan fingerprint density at radius 1 is 1.00 bits per heavy atom. The quantitative estimate of drug-likeness (QED) is 0.280. The molecule has 3 heterocycles. The highest BCUT2D eigenvalue weighted by molar-refractivity contribution is 7.98. The third-order valence-corrected chi connectivity index (χ3v) is 6.09. The molecule has 31 heavy (non-hydrogen) atoms. The zero-order valence-corrected chi connectivity index (χ0v) is 18.1. The lowest BCUT2D eigenvalue weighted by molar-refractivity contribution is 0.414. The first kappa shape index (κ1) is 19.7. The lowest BCUT2D eigenvalue weighted by Crippen LogP contribution is -2.21.